The van der Waals surface area contributed by atoms with Gasteiger partial charge in [0.25, 0.3) is 11.8 Å². The van der Waals surface area contributed by atoms with Gasteiger partial charge in [0.1, 0.15) is 5.70 Å². The van der Waals surface area contributed by atoms with Crippen molar-refractivity contribution in [2.75, 3.05) is 10.2 Å². The molecule has 0 aromatic heterocycles. The highest BCUT2D eigenvalue weighted by Crippen LogP contribution is 2.34. The lowest BCUT2D eigenvalue weighted by Gasteiger charge is -2.16. The van der Waals surface area contributed by atoms with Crippen LogP contribution in [0.3, 0.4) is 0 Å². The van der Waals surface area contributed by atoms with Crippen LogP contribution in [0.25, 0.3) is 5.57 Å². The summed E-state index contributed by atoms with van der Waals surface area (Å²) in [5.74, 6) is -3.43. The molecule has 4 nitrogen and oxygen atoms in total. The first-order valence-corrected chi connectivity index (χ1v) is 8.93. The number of imide groups is 1. The minimum atomic E-state index is -1.13. The first-order chi connectivity index (χ1) is 14.0. The van der Waals surface area contributed by atoms with Gasteiger partial charge >= 0.3 is 0 Å². The zero-order valence-corrected chi connectivity index (χ0v) is 15.4. The van der Waals surface area contributed by atoms with Crippen LogP contribution in [0.5, 0.6) is 0 Å². The summed E-state index contributed by atoms with van der Waals surface area (Å²) in [4.78, 5) is 27.2. The maximum absolute atomic E-state index is 13.8. The van der Waals surface area contributed by atoms with Gasteiger partial charge in [-0.1, -0.05) is 48.5 Å². The van der Waals surface area contributed by atoms with Crippen LogP contribution in [0.4, 0.5) is 20.2 Å². The van der Waals surface area contributed by atoms with Crippen molar-refractivity contribution in [3.8, 4) is 0 Å². The highest BCUT2D eigenvalue weighted by atomic mass is 19.2. The predicted molar refractivity (Wildman–Crippen MR) is 107 cm³/mol. The van der Waals surface area contributed by atoms with Crippen LogP contribution < -0.4 is 10.2 Å². The number of hydrogen-bond donors (Lipinski definition) is 1. The number of anilines is 2. The van der Waals surface area contributed by atoms with Crippen LogP contribution in [-0.4, -0.2) is 11.8 Å². The molecule has 2 amide bonds. The van der Waals surface area contributed by atoms with Crippen molar-refractivity contribution in [3.63, 3.8) is 0 Å². The Balaban J connectivity index is 1.84. The molecule has 3 aromatic carbocycles. The van der Waals surface area contributed by atoms with Gasteiger partial charge in [0.2, 0.25) is 0 Å². The summed E-state index contributed by atoms with van der Waals surface area (Å²) in [6.45, 7) is 1.87. The van der Waals surface area contributed by atoms with E-state index in [1.807, 2.05) is 25.1 Å². The van der Waals surface area contributed by atoms with Crippen molar-refractivity contribution in [2.24, 2.45) is 0 Å². The number of amides is 2. The maximum Gasteiger partial charge on any atom is 0.282 e. The average Bonchev–Trinajstić information content (AvgIpc) is 2.96. The van der Waals surface area contributed by atoms with Crippen LogP contribution in [0, 0.1) is 18.6 Å². The molecule has 1 heterocycles. The molecular weight excluding hydrogens is 374 g/mol. The minimum Gasteiger partial charge on any atom is -0.350 e. The topological polar surface area (TPSA) is 49.4 Å². The van der Waals surface area contributed by atoms with Crippen molar-refractivity contribution < 1.29 is 18.4 Å². The fraction of sp³-hybridized carbons (Fsp3) is 0.0435. The second-order valence-corrected chi connectivity index (χ2v) is 6.60. The Morgan fingerprint density at radius 2 is 1.48 bits per heavy atom. The number of benzene rings is 3. The third-order valence-corrected chi connectivity index (χ3v) is 4.71. The van der Waals surface area contributed by atoms with Gasteiger partial charge in [-0.15, -0.1) is 0 Å². The number of hydrogen-bond acceptors (Lipinski definition) is 3. The summed E-state index contributed by atoms with van der Waals surface area (Å²) in [6.07, 6.45) is 0. The Morgan fingerprint density at radius 3 is 2.17 bits per heavy atom. The lowest BCUT2D eigenvalue weighted by Crippen LogP contribution is -2.32. The summed E-state index contributed by atoms with van der Waals surface area (Å²) in [5, 5.41) is 3.06. The van der Waals surface area contributed by atoms with E-state index in [1.54, 1.807) is 36.4 Å². The number of nitrogens with zero attached hydrogens (tertiary/aromatic N) is 1. The molecule has 0 aliphatic carbocycles. The molecule has 0 radical (unpaired) electrons. The standard InChI is InChI=1S/C23H16F2N2O2/c1-14-7-5-6-10-19(14)26-21-20(15-8-3-2-4-9-15)22(28)27(23(21)29)16-11-12-17(24)18(25)13-16/h2-13,26H,1H3. The lowest BCUT2D eigenvalue weighted by molar-refractivity contribution is -0.120. The Kier molecular flexibility index (Phi) is 4.68. The van der Waals surface area contributed by atoms with E-state index in [0.29, 0.717) is 11.3 Å². The lowest BCUT2D eigenvalue weighted by atomic mass is 10.0. The number of para-hydroxylation sites is 1. The van der Waals surface area contributed by atoms with Crippen LogP contribution in [-0.2, 0) is 9.59 Å². The zero-order valence-electron chi connectivity index (χ0n) is 15.4. The molecule has 29 heavy (non-hydrogen) atoms. The van der Waals surface area contributed by atoms with Gasteiger partial charge in [0.05, 0.1) is 11.3 Å². The molecule has 6 heteroatoms. The van der Waals surface area contributed by atoms with Gasteiger partial charge in [0.15, 0.2) is 11.6 Å². The molecule has 1 N–H and O–H groups in total. The minimum absolute atomic E-state index is 0.0334. The van der Waals surface area contributed by atoms with Gasteiger partial charge in [-0.25, -0.2) is 13.7 Å². The van der Waals surface area contributed by atoms with Crippen molar-refractivity contribution in [1.82, 2.24) is 0 Å². The van der Waals surface area contributed by atoms with E-state index in [-0.39, 0.29) is 17.0 Å². The van der Waals surface area contributed by atoms with Crippen LogP contribution >= 0.6 is 0 Å². The first kappa shape index (κ1) is 18.6. The van der Waals surface area contributed by atoms with Gasteiger partial charge in [-0.3, -0.25) is 9.59 Å². The smallest absolute Gasteiger partial charge is 0.282 e. The molecule has 1 aliphatic rings. The largest absolute Gasteiger partial charge is 0.350 e. The van der Waals surface area contributed by atoms with Crippen LogP contribution in [0.1, 0.15) is 11.1 Å². The molecule has 0 unspecified atom stereocenters. The molecule has 0 bridgehead atoms. The van der Waals surface area contributed by atoms with E-state index in [2.05, 4.69) is 5.32 Å². The highest BCUT2D eigenvalue weighted by molar-refractivity contribution is 6.46. The summed E-state index contributed by atoms with van der Waals surface area (Å²) in [6, 6.07) is 19.0. The Hall–Kier alpha value is -3.80. The van der Waals surface area contributed by atoms with Crippen molar-refractivity contribution >= 4 is 28.8 Å². The molecule has 1 aliphatic heterocycles. The SMILES string of the molecule is Cc1ccccc1NC1=C(c2ccccc2)C(=O)N(c2ccc(F)c(F)c2)C1=O. The molecule has 0 fully saturated rings. The zero-order chi connectivity index (χ0) is 20.5. The van der Waals surface area contributed by atoms with Crippen molar-refractivity contribution in [2.45, 2.75) is 6.92 Å². The Labute approximate surface area is 166 Å². The van der Waals surface area contributed by atoms with Crippen LogP contribution in [0.2, 0.25) is 0 Å². The van der Waals surface area contributed by atoms with Crippen molar-refractivity contribution in [3.05, 3.63) is 101 Å². The highest BCUT2D eigenvalue weighted by Gasteiger charge is 2.40. The Bertz CT molecular complexity index is 1160. The molecule has 144 valence electrons. The molecular formula is C23H16F2N2O2. The fourth-order valence-electron chi connectivity index (χ4n) is 3.22. The number of nitrogens with one attached hydrogen (secondary N) is 1. The maximum atomic E-state index is 13.8. The molecule has 0 saturated heterocycles. The van der Waals surface area contributed by atoms with Gasteiger partial charge in [0, 0.05) is 11.8 Å². The fourth-order valence-corrected chi connectivity index (χ4v) is 3.22. The number of carbonyl (C=O) groups excluding carboxylic acids is 2. The summed E-state index contributed by atoms with van der Waals surface area (Å²) in [7, 11) is 0. The summed E-state index contributed by atoms with van der Waals surface area (Å²) < 4.78 is 27.1. The Morgan fingerprint density at radius 1 is 0.793 bits per heavy atom. The summed E-state index contributed by atoms with van der Waals surface area (Å²) in [5.41, 5.74) is 2.33. The van der Waals surface area contributed by atoms with E-state index < -0.39 is 23.4 Å². The van der Waals surface area contributed by atoms with Gasteiger partial charge < -0.3 is 5.32 Å². The number of rotatable bonds is 4. The predicted octanol–water partition coefficient (Wildman–Crippen LogP) is 4.67. The van der Waals surface area contributed by atoms with E-state index in [0.717, 1.165) is 22.6 Å². The van der Waals surface area contributed by atoms with Crippen molar-refractivity contribution in [1.29, 1.82) is 0 Å². The van der Waals surface area contributed by atoms with E-state index in [9.17, 15) is 18.4 Å². The molecule has 0 spiro atoms. The second kappa shape index (κ2) is 7.31. The summed E-state index contributed by atoms with van der Waals surface area (Å²) >= 11 is 0. The average molecular weight is 390 g/mol. The number of carbonyl (C=O) groups is 2. The number of halogens is 2. The third kappa shape index (κ3) is 3.29. The monoisotopic (exact) mass is 390 g/mol. The quantitative estimate of drug-likeness (QED) is 0.659. The third-order valence-electron chi connectivity index (χ3n) is 4.71. The van der Waals surface area contributed by atoms with E-state index >= 15 is 0 Å². The van der Waals surface area contributed by atoms with Gasteiger partial charge in [-0.2, -0.15) is 0 Å². The second-order valence-electron chi connectivity index (χ2n) is 6.60. The van der Waals surface area contributed by atoms with E-state index in [1.165, 1.54) is 6.07 Å². The molecule has 4 rings (SSSR count). The van der Waals surface area contributed by atoms with E-state index in [4.69, 9.17) is 0 Å². The van der Waals surface area contributed by atoms with Gasteiger partial charge in [-0.05, 0) is 36.2 Å². The normalized spacial score (nSPS) is 14.0. The molecule has 0 atom stereocenters. The first-order valence-electron chi connectivity index (χ1n) is 8.93. The number of aryl methyl sites for hydroxylation is 1. The molecule has 3 aromatic rings. The van der Waals surface area contributed by atoms with Crippen LogP contribution in [0.15, 0.2) is 78.5 Å². The molecule has 0 saturated carbocycles.